The van der Waals surface area contributed by atoms with Gasteiger partial charge in [0.15, 0.2) is 0 Å². The Hall–Kier alpha value is -3.26. The van der Waals surface area contributed by atoms with E-state index in [1.165, 1.54) is 5.56 Å². The molecule has 1 unspecified atom stereocenters. The second kappa shape index (κ2) is 8.11. The maximum absolute atomic E-state index is 12.8. The van der Waals surface area contributed by atoms with Crippen molar-refractivity contribution >= 4 is 23.5 Å². The Labute approximate surface area is 180 Å². The summed E-state index contributed by atoms with van der Waals surface area (Å²) in [6, 6.07) is 11.4. The van der Waals surface area contributed by atoms with Crippen molar-refractivity contribution < 1.29 is 14.4 Å². The van der Waals surface area contributed by atoms with Crippen LogP contribution in [0.3, 0.4) is 0 Å². The van der Waals surface area contributed by atoms with E-state index in [1.54, 1.807) is 4.90 Å². The number of carbonyl (C=O) groups excluding carboxylic acids is 3. The molecule has 3 aliphatic heterocycles. The van der Waals surface area contributed by atoms with Gasteiger partial charge in [0.1, 0.15) is 11.9 Å². The normalized spacial score (nSPS) is 21.9. The fourth-order valence-electron chi connectivity index (χ4n) is 4.66. The number of amides is 3. The van der Waals surface area contributed by atoms with Crippen molar-refractivity contribution in [1.82, 2.24) is 20.1 Å². The number of carbonyl (C=O) groups is 3. The third-order valence-corrected chi connectivity index (χ3v) is 6.34. The Morgan fingerprint density at radius 1 is 1.03 bits per heavy atom. The lowest BCUT2D eigenvalue weighted by Gasteiger charge is -2.35. The Bertz CT molecular complexity index is 1020. The summed E-state index contributed by atoms with van der Waals surface area (Å²) in [6.45, 7) is 5.02. The molecule has 2 saturated heterocycles. The summed E-state index contributed by atoms with van der Waals surface area (Å²) < 4.78 is 0. The summed E-state index contributed by atoms with van der Waals surface area (Å²) in [6.07, 6.45) is 2.48. The van der Waals surface area contributed by atoms with Gasteiger partial charge in [0.05, 0.1) is 0 Å². The number of imide groups is 1. The number of nitrogens with zero attached hydrogens (tertiary/aromatic N) is 4. The molecule has 1 atom stereocenters. The highest BCUT2D eigenvalue weighted by Gasteiger charge is 2.39. The van der Waals surface area contributed by atoms with Crippen molar-refractivity contribution in [3.05, 3.63) is 59.3 Å². The van der Waals surface area contributed by atoms with Gasteiger partial charge >= 0.3 is 0 Å². The molecule has 2 aromatic rings. The van der Waals surface area contributed by atoms with Crippen LogP contribution in [0.25, 0.3) is 0 Å². The van der Waals surface area contributed by atoms with Crippen molar-refractivity contribution in [1.29, 1.82) is 0 Å². The Morgan fingerprint density at radius 2 is 1.87 bits per heavy atom. The largest absolute Gasteiger partial charge is 0.354 e. The first-order valence-corrected chi connectivity index (χ1v) is 10.7. The van der Waals surface area contributed by atoms with E-state index in [1.807, 2.05) is 36.5 Å². The molecule has 0 spiro atoms. The molecule has 0 radical (unpaired) electrons. The Kier molecular flexibility index (Phi) is 5.15. The quantitative estimate of drug-likeness (QED) is 0.749. The summed E-state index contributed by atoms with van der Waals surface area (Å²) >= 11 is 0. The molecule has 0 saturated carbocycles. The lowest BCUT2D eigenvalue weighted by atomic mass is 10.0. The monoisotopic (exact) mass is 419 g/mol. The molecule has 8 heteroatoms. The van der Waals surface area contributed by atoms with Crippen LogP contribution in [0, 0.1) is 0 Å². The number of rotatable bonds is 4. The molecule has 4 heterocycles. The maximum Gasteiger partial charge on any atom is 0.255 e. The van der Waals surface area contributed by atoms with Crippen molar-refractivity contribution in [2.24, 2.45) is 0 Å². The van der Waals surface area contributed by atoms with Gasteiger partial charge in [-0.25, -0.2) is 4.98 Å². The van der Waals surface area contributed by atoms with Crippen LogP contribution < -0.4 is 10.2 Å². The van der Waals surface area contributed by atoms with Gasteiger partial charge in [-0.15, -0.1) is 0 Å². The van der Waals surface area contributed by atoms with E-state index in [2.05, 4.69) is 26.2 Å². The van der Waals surface area contributed by atoms with Crippen LogP contribution in [0.5, 0.6) is 0 Å². The molecule has 31 heavy (non-hydrogen) atoms. The van der Waals surface area contributed by atoms with Crippen molar-refractivity contribution in [3.63, 3.8) is 0 Å². The summed E-state index contributed by atoms with van der Waals surface area (Å²) in [5.74, 6) is 0.256. The molecule has 5 rings (SSSR count). The molecule has 160 valence electrons. The van der Waals surface area contributed by atoms with E-state index in [-0.39, 0.29) is 24.1 Å². The predicted molar refractivity (Wildman–Crippen MR) is 114 cm³/mol. The summed E-state index contributed by atoms with van der Waals surface area (Å²) in [4.78, 5) is 47.2. The third-order valence-electron chi connectivity index (χ3n) is 6.34. The lowest BCUT2D eigenvalue weighted by molar-refractivity contribution is -0.136. The smallest absolute Gasteiger partial charge is 0.255 e. The molecule has 1 aromatic carbocycles. The number of benzene rings is 1. The van der Waals surface area contributed by atoms with E-state index < -0.39 is 6.04 Å². The molecule has 3 aliphatic rings. The first-order chi connectivity index (χ1) is 15.1. The molecule has 8 nitrogen and oxygen atoms in total. The summed E-state index contributed by atoms with van der Waals surface area (Å²) in [5.41, 5.74) is 2.79. The third kappa shape index (κ3) is 3.90. The number of pyridine rings is 1. The minimum absolute atomic E-state index is 0.125. The van der Waals surface area contributed by atoms with Gasteiger partial charge < -0.3 is 9.80 Å². The second-order valence-electron chi connectivity index (χ2n) is 8.34. The first kappa shape index (κ1) is 19.7. The van der Waals surface area contributed by atoms with Crippen LogP contribution in [0.4, 0.5) is 5.82 Å². The number of hydrogen-bond acceptors (Lipinski definition) is 6. The maximum atomic E-state index is 12.8. The number of piperidine rings is 1. The van der Waals surface area contributed by atoms with Crippen LogP contribution in [0.15, 0.2) is 42.6 Å². The van der Waals surface area contributed by atoms with E-state index in [4.69, 9.17) is 0 Å². The fraction of sp³-hybridized carbons (Fsp3) is 0.391. The van der Waals surface area contributed by atoms with Gasteiger partial charge in [0.2, 0.25) is 11.8 Å². The highest BCUT2D eigenvalue weighted by atomic mass is 16.2. The highest BCUT2D eigenvalue weighted by molar-refractivity contribution is 6.05. The summed E-state index contributed by atoms with van der Waals surface area (Å²) in [5, 5.41) is 2.35. The molecule has 2 fully saturated rings. The van der Waals surface area contributed by atoms with Gasteiger partial charge in [-0.2, -0.15) is 0 Å². The molecule has 0 aliphatic carbocycles. The van der Waals surface area contributed by atoms with Gasteiger partial charge in [-0.1, -0.05) is 18.2 Å². The lowest BCUT2D eigenvalue weighted by Crippen LogP contribution is -2.52. The van der Waals surface area contributed by atoms with E-state index >= 15 is 0 Å². The van der Waals surface area contributed by atoms with Gasteiger partial charge in [0, 0.05) is 57.4 Å². The van der Waals surface area contributed by atoms with Crippen LogP contribution in [-0.4, -0.2) is 64.7 Å². The molecule has 1 aromatic heterocycles. The SMILES string of the molecule is O=C1CCC(N2Cc3cc(CN4CCN(c5ccccn5)CC4)ccc3C2=O)C(=O)N1. The summed E-state index contributed by atoms with van der Waals surface area (Å²) in [7, 11) is 0. The molecular weight excluding hydrogens is 394 g/mol. The predicted octanol–water partition coefficient (Wildman–Crippen LogP) is 1.16. The van der Waals surface area contributed by atoms with Crippen molar-refractivity contribution in [2.75, 3.05) is 31.1 Å². The van der Waals surface area contributed by atoms with Crippen molar-refractivity contribution in [2.45, 2.75) is 32.0 Å². The van der Waals surface area contributed by atoms with E-state index in [0.29, 0.717) is 18.5 Å². The fourth-order valence-corrected chi connectivity index (χ4v) is 4.66. The van der Waals surface area contributed by atoms with E-state index in [9.17, 15) is 14.4 Å². The standard InChI is InChI=1S/C23H25N5O3/c29-21-7-6-19(22(30)25-21)28-15-17-13-16(4-5-18(17)23(28)31)14-26-9-11-27(12-10-26)20-3-1-2-8-24-20/h1-5,8,13,19H,6-7,9-12,14-15H2,(H,25,29,30). The van der Waals surface area contributed by atoms with Crippen molar-refractivity contribution in [3.8, 4) is 0 Å². The van der Waals surface area contributed by atoms with Gasteiger partial charge in [-0.3, -0.25) is 24.6 Å². The molecular formula is C23H25N5O3. The Morgan fingerprint density at radius 3 is 2.61 bits per heavy atom. The number of piperazine rings is 1. The number of aromatic nitrogens is 1. The second-order valence-corrected chi connectivity index (χ2v) is 8.34. The zero-order valence-electron chi connectivity index (χ0n) is 17.3. The van der Waals surface area contributed by atoms with Crippen LogP contribution >= 0.6 is 0 Å². The van der Waals surface area contributed by atoms with E-state index in [0.717, 1.165) is 44.1 Å². The first-order valence-electron chi connectivity index (χ1n) is 10.7. The molecule has 3 amide bonds. The van der Waals surface area contributed by atoms with Crippen LogP contribution in [0.2, 0.25) is 0 Å². The van der Waals surface area contributed by atoms with Gasteiger partial charge in [0.25, 0.3) is 5.91 Å². The van der Waals surface area contributed by atoms with Gasteiger partial charge in [-0.05, 0) is 35.7 Å². The minimum atomic E-state index is -0.569. The highest BCUT2D eigenvalue weighted by Crippen LogP contribution is 2.28. The minimum Gasteiger partial charge on any atom is -0.354 e. The number of nitrogens with one attached hydrogen (secondary N) is 1. The number of fused-ring (bicyclic) bond motifs is 1. The zero-order valence-corrected chi connectivity index (χ0v) is 17.3. The molecule has 0 bridgehead atoms. The van der Waals surface area contributed by atoms with Crippen LogP contribution in [0.1, 0.15) is 34.3 Å². The number of anilines is 1. The number of hydrogen-bond donors (Lipinski definition) is 1. The van der Waals surface area contributed by atoms with Crippen LogP contribution in [-0.2, 0) is 22.7 Å². The zero-order chi connectivity index (χ0) is 21.4. The average Bonchev–Trinajstić information content (AvgIpc) is 3.10. The Balaban J connectivity index is 1.22. The average molecular weight is 419 g/mol. The molecule has 1 N–H and O–H groups in total. The topological polar surface area (TPSA) is 85.9 Å².